The van der Waals surface area contributed by atoms with Crippen LogP contribution in [0.2, 0.25) is 0 Å². The third kappa shape index (κ3) is 3.46. The highest BCUT2D eigenvalue weighted by Crippen LogP contribution is 2.23. The molecular weight excluding hydrogens is 300 g/mol. The summed E-state index contributed by atoms with van der Waals surface area (Å²) in [7, 11) is 0. The fourth-order valence-corrected chi connectivity index (χ4v) is 1.85. The lowest BCUT2D eigenvalue weighted by atomic mass is 10.1. The average Bonchev–Trinajstić information content (AvgIpc) is 2.27. The number of amides is 2. The summed E-state index contributed by atoms with van der Waals surface area (Å²) in [4.78, 5) is 24.5. The van der Waals surface area contributed by atoms with Crippen LogP contribution < -0.4 is 5.73 Å². The topological polar surface area (TPSA) is 83.6 Å². The first-order chi connectivity index (χ1) is 8.32. The first-order valence-corrected chi connectivity index (χ1v) is 6.20. The maximum atomic E-state index is 12.2. The van der Waals surface area contributed by atoms with Crippen LogP contribution in [0.4, 0.5) is 0 Å². The van der Waals surface area contributed by atoms with Gasteiger partial charge in [-0.15, -0.1) is 0 Å². The van der Waals surface area contributed by atoms with Gasteiger partial charge in [0.25, 0.3) is 5.91 Å². The van der Waals surface area contributed by atoms with Crippen LogP contribution in [0.25, 0.3) is 0 Å². The molecule has 98 valence electrons. The molecule has 18 heavy (non-hydrogen) atoms. The molecule has 0 unspecified atom stereocenters. The molecule has 2 amide bonds. The summed E-state index contributed by atoms with van der Waals surface area (Å²) in [6.07, 6.45) is 0. The predicted octanol–water partition coefficient (Wildman–Crippen LogP) is 1.49. The second-order valence-corrected chi connectivity index (χ2v) is 5.07. The van der Waals surface area contributed by atoms with Crippen LogP contribution in [-0.4, -0.2) is 34.4 Å². The number of carbonyl (C=O) groups excluding carboxylic acids is 2. The molecule has 0 radical (unpaired) electrons. The van der Waals surface area contributed by atoms with Crippen molar-refractivity contribution in [2.75, 3.05) is 6.54 Å². The van der Waals surface area contributed by atoms with E-state index in [0.29, 0.717) is 4.47 Å². The van der Waals surface area contributed by atoms with E-state index < -0.39 is 11.8 Å². The van der Waals surface area contributed by atoms with Crippen molar-refractivity contribution in [3.63, 3.8) is 0 Å². The summed E-state index contributed by atoms with van der Waals surface area (Å²) >= 11 is 3.23. The van der Waals surface area contributed by atoms with Crippen LogP contribution in [0.5, 0.6) is 5.75 Å². The Kier molecular flexibility index (Phi) is 4.72. The van der Waals surface area contributed by atoms with Crippen LogP contribution in [0.15, 0.2) is 22.7 Å². The molecule has 0 saturated heterocycles. The molecule has 5 nitrogen and oxygen atoms in total. The third-order valence-electron chi connectivity index (χ3n) is 2.40. The SMILES string of the molecule is CC(C)N(CC(N)=O)C(=O)c1cc(Br)ccc1O. The van der Waals surface area contributed by atoms with E-state index in [9.17, 15) is 14.7 Å². The Morgan fingerprint density at radius 2 is 2.06 bits per heavy atom. The molecule has 0 bridgehead atoms. The summed E-state index contributed by atoms with van der Waals surface area (Å²) < 4.78 is 0.673. The number of hydrogen-bond acceptors (Lipinski definition) is 3. The Morgan fingerprint density at radius 3 is 2.56 bits per heavy atom. The van der Waals surface area contributed by atoms with Gasteiger partial charge in [-0.3, -0.25) is 9.59 Å². The summed E-state index contributed by atoms with van der Waals surface area (Å²) in [6.45, 7) is 3.37. The monoisotopic (exact) mass is 314 g/mol. The van der Waals surface area contributed by atoms with E-state index in [4.69, 9.17) is 5.73 Å². The fourth-order valence-electron chi connectivity index (χ4n) is 1.49. The zero-order valence-corrected chi connectivity index (χ0v) is 11.8. The number of halogens is 1. The summed E-state index contributed by atoms with van der Waals surface area (Å²) in [6, 6.07) is 4.36. The van der Waals surface area contributed by atoms with Gasteiger partial charge in [-0.25, -0.2) is 0 Å². The molecule has 0 heterocycles. The molecule has 0 spiro atoms. The lowest BCUT2D eigenvalue weighted by molar-refractivity contribution is -0.119. The summed E-state index contributed by atoms with van der Waals surface area (Å²) in [5.41, 5.74) is 5.25. The van der Waals surface area contributed by atoms with Crippen molar-refractivity contribution in [3.05, 3.63) is 28.2 Å². The second kappa shape index (κ2) is 5.86. The van der Waals surface area contributed by atoms with Crippen molar-refractivity contribution in [2.24, 2.45) is 5.73 Å². The first kappa shape index (κ1) is 14.5. The Balaban J connectivity index is 3.09. The second-order valence-electron chi connectivity index (χ2n) is 4.15. The zero-order valence-electron chi connectivity index (χ0n) is 10.2. The maximum Gasteiger partial charge on any atom is 0.258 e. The van der Waals surface area contributed by atoms with E-state index >= 15 is 0 Å². The minimum atomic E-state index is -0.591. The number of primary amides is 1. The van der Waals surface area contributed by atoms with Gasteiger partial charge in [-0.05, 0) is 32.0 Å². The highest BCUT2D eigenvalue weighted by molar-refractivity contribution is 9.10. The lowest BCUT2D eigenvalue weighted by Gasteiger charge is -2.25. The number of nitrogens with two attached hydrogens (primary N) is 1. The number of phenolic OH excluding ortho intramolecular Hbond substituents is 1. The largest absolute Gasteiger partial charge is 0.507 e. The van der Waals surface area contributed by atoms with Crippen LogP contribution in [-0.2, 0) is 4.79 Å². The Morgan fingerprint density at radius 1 is 1.44 bits per heavy atom. The van der Waals surface area contributed by atoms with Gasteiger partial charge in [0, 0.05) is 10.5 Å². The van der Waals surface area contributed by atoms with E-state index in [-0.39, 0.29) is 23.9 Å². The molecule has 1 aromatic carbocycles. The lowest BCUT2D eigenvalue weighted by Crippen LogP contribution is -2.42. The zero-order chi connectivity index (χ0) is 13.9. The van der Waals surface area contributed by atoms with Crippen LogP contribution in [0.3, 0.4) is 0 Å². The number of nitrogens with zero attached hydrogens (tertiary/aromatic N) is 1. The van der Waals surface area contributed by atoms with Crippen molar-refractivity contribution in [1.29, 1.82) is 0 Å². The fraction of sp³-hybridized carbons (Fsp3) is 0.333. The number of hydrogen-bond donors (Lipinski definition) is 2. The standard InChI is InChI=1S/C12H15BrN2O3/c1-7(2)15(6-11(14)17)12(18)9-5-8(13)3-4-10(9)16/h3-5,7,16H,6H2,1-2H3,(H2,14,17). The molecule has 0 aromatic heterocycles. The number of carbonyl (C=O) groups is 2. The molecule has 1 aromatic rings. The van der Waals surface area contributed by atoms with E-state index in [1.165, 1.54) is 17.0 Å². The Labute approximate surface area is 114 Å². The van der Waals surface area contributed by atoms with Crippen molar-refractivity contribution >= 4 is 27.7 Å². The Bertz CT molecular complexity index is 474. The van der Waals surface area contributed by atoms with E-state index in [1.54, 1.807) is 19.9 Å². The van der Waals surface area contributed by atoms with Gasteiger partial charge in [0.15, 0.2) is 0 Å². The van der Waals surface area contributed by atoms with Crippen LogP contribution in [0, 0.1) is 0 Å². The molecule has 3 N–H and O–H groups in total. The minimum absolute atomic E-state index is 0.127. The van der Waals surface area contributed by atoms with Gasteiger partial charge in [-0.1, -0.05) is 15.9 Å². The normalized spacial score (nSPS) is 10.4. The first-order valence-electron chi connectivity index (χ1n) is 5.40. The molecule has 0 aliphatic heterocycles. The highest BCUT2D eigenvalue weighted by Gasteiger charge is 2.23. The van der Waals surface area contributed by atoms with Crippen LogP contribution >= 0.6 is 15.9 Å². The van der Waals surface area contributed by atoms with Gasteiger partial charge < -0.3 is 15.7 Å². The highest BCUT2D eigenvalue weighted by atomic mass is 79.9. The molecule has 0 aliphatic carbocycles. The minimum Gasteiger partial charge on any atom is -0.507 e. The summed E-state index contributed by atoms with van der Waals surface area (Å²) in [5, 5.41) is 9.69. The molecule has 0 saturated carbocycles. The van der Waals surface area contributed by atoms with Crippen molar-refractivity contribution < 1.29 is 14.7 Å². The Hall–Kier alpha value is -1.56. The molecule has 0 aliphatic rings. The number of phenols is 1. The maximum absolute atomic E-state index is 12.2. The number of aromatic hydroxyl groups is 1. The van der Waals surface area contributed by atoms with Crippen molar-refractivity contribution in [3.8, 4) is 5.75 Å². The van der Waals surface area contributed by atoms with Gasteiger partial charge >= 0.3 is 0 Å². The molecule has 1 rings (SSSR count). The van der Waals surface area contributed by atoms with Crippen molar-refractivity contribution in [2.45, 2.75) is 19.9 Å². The quantitative estimate of drug-likeness (QED) is 0.883. The number of benzene rings is 1. The molecular formula is C12H15BrN2O3. The van der Waals surface area contributed by atoms with Crippen LogP contribution in [0.1, 0.15) is 24.2 Å². The third-order valence-corrected chi connectivity index (χ3v) is 2.89. The summed E-state index contributed by atoms with van der Waals surface area (Å²) in [5.74, 6) is -1.15. The number of rotatable bonds is 4. The van der Waals surface area contributed by atoms with E-state index in [2.05, 4.69) is 15.9 Å². The van der Waals surface area contributed by atoms with E-state index in [1.807, 2.05) is 0 Å². The van der Waals surface area contributed by atoms with Gasteiger partial charge in [-0.2, -0.15) is 0 Å². The van der Waals surface area contributed by atoms with Gasteiger partial charge in [0.2, 0.25) is 5.91 Å². The van der Waals surface area contributed by atoms with Gasteiger partial charge in [0.05, 0.1) is 12.1 Å². The molecule has 0 atom stereocenters. The van der Waals surface area contributed by atoms with E-state index in [0.717, 1.165) is 0 Å². The predicted molar refractivity (Wildman–Crippen MR) is 71.2 cm³/mol. The molecule has 6 heteroatoms. The average molecular weight is 315 g/mol. The molecule has 0 fully saturated rings. The van der Waals surface area contributed by atoms with Gasteiger partial charge in [0.1, 0.15) is 5.75 Å². The smallest absolute Gasteiger partial charge is 0.258 e. The van der Waals surface area contributed by atoms with Crippen molar-refractivity contribution in [1.82, 2.24) is 4.90 Å².